The van der Waals surface area contributed by atoms with Crippen LogP contribution in [0.5, 0.6) is 0 Å². The maximum Gasteiger partial charge on any atom is 0.123 e. The second-order valence-corrected chi connectivity index (χ2v) is 5.94. The molecule has 0 radical (unpaired) electrons. The Morgan fingerprint density at radius 2 is 1.95 bits per heavy atom. The number of imidazole rings is 1. The molecule has 22 heavy (non-hydrogen) atoms. The first kappa shape index (κ1) is 14.7. The molecule has 0 aliphatic heterocycles. The predicted octanol–water partition coefficient (Wildman–Crippen LogP) is 3.22. The summed E-state index contributed by atoms with van der Waals surface area (Å²) < 4.78 is 2.18. The van der Waals surface area contributed by atoms with Crippen molar-refractivity contribution in [1.29, 1.82) is 0 Å². The van der Waals surface area contributed by atoms with Gasteiger partial charge in [-0.3, -0.25) is 9.88 Å². The number of aryl methyl sites for hydroxylation is 1. The lowest BCUT2D eigenvalue weighted by atomic mass is 10.1. The van der Waals surface area contributed by atoms with E-state index in [1.165, 1.54) is 22.0 Å². The maximum atomic E-state index is 4.66. The molecule has 0 aliphatic rings. The van der Waals surface area contributed by atoms with Gasteiger partial charge in [0, 0.05) is 37.1 Å². The molecular weight excluding hydrogens is 272 g/mol. The fourth-order valence-electron chi connectivity index (χ4n) is 2.84. The minimum Gasteiger partial charge on any atom is -0.334 e. The van der Waals surface area contributed by atoms with Crippen LogP contribution in [0.15, 0.2) is 36.7 Å². The molecule has 0 saturated heterocycles. The van der Waals surface area contributed by atoms with Gasteiger partial charge >= 0.3 is 0 Å². The molecular formula is C18H22N4. The second-order valence-electron chi connectivity index (χ2n) is 5.94. The van der Waals surface area contributed by atoms with Gasteiger partial charge < -0.3 is 4.57 Å². The van der Waals surface area contributed by atoms with E-state index in [-0.39, 0.29) is 0 Å². The van der Waals surface area contributed by atoms with Crippen LogP contribution in [0, 0.1) is 13.8 Å². The van der Waals surface area contributed by atoms with Crippen molar-refractivity contribution >= 4 is 10.8 Å². The average molecular weight is 294 g/mol. The molecule has 2 heterocycles. The molecule has 4 heteroatoms. The first-order valence-electron chi connectivity index (χ1n) is 7.55. The van der Waals surface area contributed by atoms with Crippen LogP contribution in [0.1, 0.15) is 22.8 Å². The summed E-state index contributed by atoms with van der Waals surface area (Å²) in [6, 6.07) is 8.49. The molecule has 0 unspecified atom stereocenters. The molecule has 0 aliphatic carbocycles. The number of rotatable bonds is 4. The molecule has 0 amide bonds. The van der Waals surface area contributed by atoms with Crippen molar-refractivity contribution in [2.75, 3.05) is 7.05 Å². The van der Waals surface area contributed by atoms with Gasteiger partial charge in [-0.15, -0.1) is 0 Å². The van der Waals surface area contributed by atoms with Crippen LogP contribution in [0.2, 0.25) is 0 Å². The van der Waals surface area contributed by atoms with Gasteiger partial charge in [-0.2, -0.15) is 0 Å². The Labute approximate surface area is 131 Å². The van der Waals surface area contributed by atoms with Gasteiger partial charge in [0.15, 0.2) is 0 Å². The Hall–Kier alpha value is -2.20. The third-order valence-corrected chi connectivity index (χ3v) is 4.33. The van der Waals surface area contributed by atoms with E-state index in [2.05, 4.69) is 71.6 Å². The highest BCUT2D eigenvalue weighted by Crippen LogP contribution is 2.19. The lowest BCUT2D eigenvalue weighted by Crippen LogP contribution is -2.20. The van der Waals surface area contributed by atoms with E-state index < -0.39 is 0 Å². The summed E-state index contributed by atoms with van der Waals surface area (Å²) in [7, 11) is 4.22. The van der Waals surface area contributed by atoms with Gasteiger partial charge in [-0.05, 0) is 37.9 Å². The molecule has 3 rings (SSSR count). The van der Waals surface area contributed by atoms with Crippen molar-refractivity contribution in [3.05, 3.63) is 59.4 Å². The van der Waals surface area contributed by atoms with Gasteiger partial charge in [0.05, 0.1) is 12.2 Å². The van der Waals surface area contributed by atoms with Crippen molar-refractivity contribution in [3.63, 3.8) is 0 Å². The zero-order valence-electron chi connectivity index (χ0n) is 13.7. The van der Waals surface area contributed by atoms with Crippen LogP contribution in [0.4, 0.5) is 0 Å². The molecule has 0 spiro atoms. The number of hydrogen-bond donors (Lipinski definition) is 0. The number of aromatic nitrogens is 3. The van der Waals surface area contributed by atoms with E-state index in [1.54, 1.807) is 0 Å². The highest BCUT2D eigenvalue weighted by Gasteiger charge is 2.11. The number of hydrogen-bond acceptors (Lipinski definition) is 3. The van der Waals surface area contributed by atoms with Crippen LogP contribution in [-0.2, 0) is 20.1 Å². The molecule has 4 nitrogen and oxygen atoms in total. The van der Waals surface area contributed by atoms with Crippen molar-refractivity contribution in [3.8, 4) is 0 Å². The molecule has 3 aromatic rings. The fraction of sp³-hybridized carbons (Fsp3) is 0.333. The van der Waals surface area contributed by atoms with Crippen LogP contribution >= 0.6 is 0 Å². The summed E-state index contributed by atoms with van der Waals surface area (Å²) in [5.41, 5.74) is 3.67. The Balaban J connectivity index is 1.81. The van der Waals surface area contributed by atoms with Gasteiger partial charge in [-0.1, -0.05) is 18.2 Å². The zero-order chi connectivity index (χ0) is 15.7. The highest BCUT2D eigenvalue weighted by molar-refractivity contribution is 5.84. The minimum atomic E-state index is 0.840. The Morgan fingerprint density at radius 1 is 1.14 bits per heavy atom. The van der Waals surface area contributed by atoms with Crippen molar-refractivity contribution < 1.29 is 0 Å². The lowest BCUT2D eigenvalue weighted by Gasteiger charge is -2.18. The fourth-order valence-corrected chi connectivity index (χ4v) is 2.84. The van der Waals surface area contributed by atoms with E-state index in [0.29, 0.717) is 0 Å². The molecule has 0 N–H and O–H groups in total. The van der Waals surface area contributed by atoms with Gasteiger partial charge in [0.25, 0.3) is 0 Å². The SMILES string of the molecule is Cc1nc(CN(C)Cc2cccc3cnccc23)n(C)c1C. The Kier molecular flexibility index (Phi) is 3.94. The van der Waals surface area contributed by atoms with Crippen LogP contribution in [0.25, 0.3) is 10.8 Å². The monoisotopic (exact) mass is 294 g/mol. The topological polar surface area (TPSA) is 34.0 Å². The zero-order valence-corrected chi connectivity index (χ0v) is 13.7. The normalized spacial score (nSPS) is 11.5. The van der Waals surface area contributed by atoms with E-state index in [4.69, 9.17) is 0 Å². The molecule has 0 fully saturated rings. The quantitative estimate of drug-likeness (QED) is 0.741. The Morgan fingerprint density at radius 3 is 2.68 bits per heavy atom. The summed E-state index contributed by atoms with van der Waals surface area (Å²) in [6.07, 6.45) is 3.78. The summed E-state index contributed by atoms with van der Waals surface area (Å²) in [5.74, 6) is 1.11. The molecule has 2 aromatic heterocycles. The molecule has 0 atom stereocenters. The Bertz CT molecular complexity index is 799. The molecule has 0 bridgehead atoms. The third kappa shape index (κ3) is 2.74. The van der Waals surface area contributed by atoms with Crippen LogP contribution < -0.4 is 0 Å². The van der Waals surface area contributed by atoms with Crippen LogP contribution in [0.3, 0.4) is 0 Å². The van der Waals surface area contributed by atoms with Gasteiger partial charge in [0.2, 0.25) is 0 Å². The van der Waals surface area contributed by atoms with E-state index in [1.807, 2.05) is 12.4 Å². The largest absolute Gasteiger partial charge is 0.334 e. The summed E-state index contributed by atoms with van der Waals surface area (Å²) in [4.78, 5) is 11.2. The van der Waals surface area contributed by atoms with Gasteiger partial charge in [-0.25, -0.2) is 4.98 Å². The number of pyridine rings is 1. The highest BCUT2D eigenvalue weighted by atomic mass is 15.2. The minimum absolute atomic E-state index is 0.840. The number of nitrogens with zero attached hydrogens (tertiary/aromatic N) is 4. The molecule has 114 valence electrons. The van der Waals surface area contributed by atoms with E-state index in [0.717, 1.165) is 24.6 Å². The second kappa shape index (κ2) is 5.89. The van der Waals surface area contributed by atoms with E-state index >= 15 is 0 Å². The number of fused-ring (bicyclic) bond motifs is 1. The first-order valence-corrected chi connectivity index (χ1v) is 7.55. The lowest BCUT2D eigenvalue weighted by molar-refractivity contribution is 0.308. The number of benzene rings is 1. The average Bonchev–Trinajstić information content (AvgIpc) is 2.75. The predicted molar refractivity (Wildman–Crippen MR) is 89.6 cm³/mol. The van der Waals surface area contributed by atoms with Crippen LogP contribution in [-0.4, -0.2) is 26.5 Å². The molecule has 1 aromatic carbocycles. The maximum absolute atomic E-state index is 4.66. The third-order valence-electron chi connectivity index (χ3n) is 4.33. The molecule has 0 saturated carbocycles. The van der Waals surface area contributed by atoms with Crippen molar-refractivity contribution in [1.82, 2.24) is 19.4 Å². The van der Waals surface area contributed by atoms with Crippen molar-refractivity contribution in [2.24, 2.45) is 7.05 Å². The first-order chi connectivity index (χ1) is 10.6. The summed E-state index contributed by atoms with van der Waals surface area (Å²) in [5, 5.41) is 2.47. The standard InChI is InChI=1S/C18H22N4/c1-13-14(2)22(4)18(20-13)12-21(3)11-16-7-5-6-15-10-19-9-8-17(15)16/h5-10H,11-12H2,1-4H3. The van der Waals surface area contributed by atoms with Crippen molar-refractivity contribution in [2.45, 2.75) is 26.9 Å². The van der Waals surface area contributed by atoms with E-state index in [9.17, 15) is 0 Å². The smallest absolute Gasteiger partial charge is 0.123 e. The summed E-state index contributed by atoms with van der Waals surface area (Å²) in [6.45, 7) is 5.92. The summed E-state index contributed by atoms with van der Waals surface area (Å²) >= 11 is 0. The van der Waals surface area contributed by atoms with Gasteiger partial charge in [0.1, 0.15) is 5.82 Å².